The standard InChI is InChI=1S/C22H22N6O2S2/c1-3-30-18-12-8-7-11-17(18)23-21-25-26-22(32-21)31-14-20(29)24-19-13-15(2)27-28(19)16-9-5-4-6-10-16/h4-13H,3,14H2,1-2H3,(H,23,25)(H,24,29). The molecule has 2 heterocycles. The van der Waals surface area contributed by atoms with Gasteiger partial charge in [-0.25, -0.2) is 4.68 Å². The van der Waals surface area contributed by atoms with Crippen LogP contribution in [-0.4, -0.2) is 38.2 Å². The number of carbonyl (C=O) groups excluding carboxylic acids is 1. The van der Waals surface area contributed by atoms with E-state index in [-0.39, 0.29) is 11.7 Å². The Morgan fingerprint density at radius 2 is 1.91 bits per heavy atom. The molecule has 8 nitrogen and oxygen atoms in total. The zero-order valence-electron chi connectivity index (χ0n) is 17.6. The summed E-state index contributed by atoms with van der Waals surface area (Å²) in [6.07, 6.45) is 0. The van der Waals surface area contributed by atoms with Crippen LogP contribution in [0.25, 0.3) is 5.69 Å². The second-order valence-electron chi connectivity index (χ2n) is 6.68. The Bertz CT molecular complexity index is 1190. The van der Waals surface area contributed by atoms with Gasteiger partial charge in [0.15, 0.2) is 4.34 Å². The topological polar surface area (TPSA) is 94.0 Å². The molecule has 0 saturated carbocycles. The number of para-hydroxylation sites is 3. The van der Waals surface area contributed by atoms with E-state index in [4.69, 9.17) is 4.74 Å². The van der Waals surface area contributed by atoms with Gasteiger partial charge in [-0.15, -0.1) is 10.2 Å². The number of ether oxygens (including phenoxy) is 1. The average molecular weight is 467 g/mol. The Hall–Kier alpha value is -3.37. The Morgan fingerprint density at radius 1 is 1.12 bits per heavy atom. The number of carbonyl (C=O) groups is 1. The molecule has 4 rings (SSSR count). The van der Waals surface area contributed by atoms with E-state index in [1.165, 1.54) is 23.1 Å². The number of hydrogen-bond acceptors (Lipinski definition) is 8. The molecule has 0 fully saturated rings. The van der Waals surface area contributed by atoms with Crippen molar-refractivity contribution in [1.82, 2.24) is 20.0 Å². The fraction of sp³-hybridized carbons (Fsp3) is 0.182. The van der Waals surface area contributed by atoms with Crippen LogP contribution in [0, 0.1) is 6.92 Å². The van der Waals surface area contributed by atoms with Gasteiger partial charge in [0, 0.05) is 6.07 Å². The van der Waals surface area contributed by atoms with Crippen LogP contribution >= 0.6 is 23.1 Å². The summed E-state index contributed by atoms with van der Waals surface area (Å²) in [4.78, 5) is 12.5. The normalized spacial score (nSPS) is 10.7. The van der Waals surface area contributed by atoms with Gasteiger partial charge in [-0.05, 0) is 38.1 Å². The fourth-order valence-corrected chi connectivity index (χ4v) is 4.51. The molecular formula is C22H22N6O2S2. The smallest absolute Gasteiger partial charge is 0.235 e. The van der Waals surface area contributed by atoms with Crippen LogP contribution in [0.2, 0.25) is 0 Å². The SMILES string of the molecule is CCOc1ccccc1Nc1nnc(SCC(=O)Nc2cc(C)nn2-c2ccccc2)s1. The number of anilines is 3. The maximum Gasteiger partial charge on any atom is 0.235 e. The highest BCUT2D eigenvalue weighted by atomic mass is 32.2. The molecule has 0 spiro atoms. The summed E-state index contributed by atoms with van der Waals surface area (Å²) < 4.78 is 8.04. The van der Waals surface area contributed by atoms with Gasteiger partial charge in [-0.3, -0.25) is 4.79 Å². The van der Waals surface area contributed by atoms with E-state index < -0.39 is 0 Å². The number of benzene rings is 2. The summed E-state index contributed by atoms with van der Waals surface area (Å²) >= 11 is 2.72. The van der Waals surface area contributed by atoms with Gasteiger partial charge >= 0.3 is 0 Å². The van der Waals surface area contributed by atoms with E-state index in [0.717, 1.165) is 22.8 Å². The number of aryl methyl sites for hydroxylation is 1. The molecule has 0 aliphatic heterocycles. The van der Waals surface area contributed by atoms with Crippen molar-refractivity contribution in [1.29, 1.82) is 0 Å². The zero-order chi connectivity index (χ0) is 22.3. The predicted octanol–water partition coefficient (Wildman–Crippen LogP) is 4.91. The summed E-state index contributed by atoms with van der Waals surface area (Å²) in [7, 11) is 0. The Labute approximate surface area is 194 Å². The van der Waals surface area contributed by atoms with E-state index in [2.05, 4.69) is 25.9 Å². The minimum Gasteiger partial charge on any atom is -0.492 e. The number of amides is 1. The quantitative estimate of drug-likeness (QED) is 0.339. The van der Waals surface area contributed by atoms with Crippen molar-refractivity contribution in [3.8, 4) is 11.4 Å². The summed E-state index contributed by atoms with van der Waals surface area (Å²) in [5.74, 6) is 1.46. The predicted molar refractivity (Wildman–Crippen MR) is 128 cm³/mol. The number of nitrogens with zero attached hydrogens (tertiary/aromatic N) is 4. The van der Waals surface area contributed by atoms with E-state index in [1.807, 2.05) is 74.5 Å². The molecule has 0 atom stereocenters. The van der Waals surface area contributed by atoms with Crippen LogP contribution in [0.1, 0.15) is 12.6 Å². The Morgan fingerprint density at radius 3 is 2.72 bits per heavy atom. The van der Waals surface area contributed by atoms with Gasteiger partial charge < -0.3 is 15.4 Å². The minimum atomic E-state index is -0.140. The van der Waals surface area contributed by atoms with Crippen LogP contribution in [0.4, 0.5) is 16.6 Å². The second-order valence-corrected chi connectivity index (χ2v) is 8.88. The van der Waals surface area contributed by atoms with E-state index in [1.54, 1.807) is 4.68 Å². The van der Waals surface area contributed by atoms with Crippen LogP contribution in [-0.2, 0) is 4.79 Å². The van der Waals surface area contributed by atoms with Crippen LogP contribution in [0.3, 0.4) is 0 Å². The molecule has 164 valence electrons. The lowest BCUT2D eigenvalue weighted by atomic mass is 10.3. The summed E-state index contributed by atoms with van der Waals surface area (Å²) in [5.41, 5.74) is 2.53. The molecular weight excluding hydrogens is 444 g/mol. The fourth-order valence-electron chi connectivity index (χ4n) is 2.95. The molecule has 1 amide bonds. The van der Waals surface area contributed by atoms with Crippen molar-refractivity contribution in [2.24, 2.45) is 0 Å². The van der Waals surface area contributed by atoms with E-state index in [0.29, 0.717) is 21.9 Å². The highest BCUT2D eigenvalue weighted by molar-refractivity contribution is 8.01. The van der Waals surface area contributed by atoms with E-state index >= 15 is 0 Å². The molecule has 0 saturated heterocycles. The highest BCUT2D eigenvalue weighted by Gasteiger charge is 2.13. The summed E-state index contributed by atoms with van der Waals surface area (Å²) in [6.45, 7) is 4.41. The van der Waals surface area contributed by atoms with Crippen LogP contribution in [0.5, 0.6) is 5.75 Å². The van der Waals surface area contributed by atoms with Crippen LogP contribution < -0.4 is 15.4 Å². The number of aromatic nitrogens is 4. The first-order chi connectivity index (χ1) is 15.6. The summed E-state index contributed by atoms with van der Waals surface area (Å²) in [5, 5.41) is 19.6. The first kappa shape index (κ1) is 21.8. The summed E-state index contributed by atoms with van der Waals surface area (Å²) in [6, 6.07) is 19.2. The van der Waals surface area contributed by atoms with Gasteiger partial charge in [0.2, 0.25) is 11.0 Å². The lowest BCUT2D eigenvalue weighted by Crippen LogP contribution is -2.16. The first-order valence-corrected chi connectivity index (χ1v) is 11.8. The number of nitrogens with one attached hydrogen (secondary N) is 2. The number of hydrogen-bond donors (Lipinski definition) is 2. The van der Waals surface area contributed by atoms with Crippen LogP contribution in [0.15, 0.2) is 65.0 Å². The Balaban J connectivity index is 1.36. The van der Waals surface area contributed by atoms with Crippen molar-refractivity contribution in [3.63, 3.8) is 0 Å². The zero-order valence-corrected chi connectivity index (χ0v) is 19.2. The third-order valence-corrected chi connectivity index (χ3v) is 6.23. The molecule has 4 aromatic rings. The van der Waals surface area contributed by atoms with Crippen molar-refractivity contribution < 1.29 is 9.53 Å². The largest absolute Gasteiger partial charge is 0.492 e. The average Bonchev–Trinajstić information content (AvgIpc) is 3.40. The van der Waals surface area contributed by atoms with Gasteiger partial charge in [-0.2, -0.15) is 5.10 Å². The van der Waals surface area contributed by atoms with Gasteiger partial charge in [0.05, 0.1) is 29.4 Å². The maximum atomic E-state index is 12.5. The van der Waals surface area contributed by atoms with Gasteiger partial charge in [-0.1, -0.05) is 53.4 Å². The third kappa shape index (κ3) is 5.45. The molecule has 2 aromatic carbocycles. The van der Waals surface area contributed by atoms with Crippen molar-refractivity contribution in [2.45, 2.75) is 18.2 Å². The third-order valence-electron chi connectivity index (χ3n) is 4.26. The van der Waals surface area contributed by atoms with E-state index in [9.17, 15) is 4.79 Å². The molecule has 2 N–H and O–H groups in total. The maximum absolute atomic E-state index is 12.5. The van der Waals surface area contributed by atoms with Gasteiger partial charge in [0.1, 0.15) is 11.6 Å². The molecule has 10 heteroatoms. The van der Waals surface area contributed by atoms with Crippen molar-refractivity contribution in [3.05, 3.63) is 66.4 Å². The minimum absolute atomic E-state index is 0.140. The second kappa shape index (κ2) is 10.3. The Kier molecular flexibility index (Phi) is 7.03. The lowest BCUT2D eigenvalue weighted by Gasteiger charge is -2.09. The van der Waals surface area contributed by atoms with Crippen molar-refractivity contribution in [2.75, 3.05) is 23.0 Å². The van der Waals surface area contributed by atoms with Gasteiger partial charge in [0.25, 0.3) is 0 Å². The number of thioether (sulfide) groups is 1. The first-order valence-electron chi connectivity index (χ1n) is 9.99. The van der Waals surface area contributed by atoms with Crippen molar-refractivity contribution >= 4 is 45.6 Å². The molecule has 0 unspecified atom stereocenters. The number of rotatable bonds is 9. The molecule has 32 heavy (non-hydrogen) atoms. The molecule has 0 aliphatic rings. The monoisotopic (exact) mass is 466 g/mol. The molecule has 0 bridgehead atoms. The molecule has 0 aliphatic carbocycles. The molecule has 2 aromatic heterocycles. The lowest BCUT2D eigenvalue weighted by molar-refractivity contribution is -0.113. The molecule has 0 radical (unpaired) electrons. The highest BCUT2D eigenvalue weighted by Crippen LogP contribution is 2.31.